The molecule has 0 amide bonds. The van der Waals surface area contributed by atoms with Gasteiger partial charge in [-0.2, -0.15) is 5.26 Å². The minimum atomic E-state index is -0.0857. The van der Waals surface area contributed by atoms with E-state index in [0.29, 0.717) is 5.56 Å². The molecule has 0 aliphatic heterocycles. The lowest BCUT2D eigenvalue weighted by Crippen LogP contribution is -2.13. The highest BCUT2D eigenvalue weighted by Gasteiger charge is 2.32. The third kappa shape index (κ3) is 8.55. The van der Waals surface area contributed by atoms with E-state index in [9.17, 15) is 5.26 Å². The number of pyridine rings is 1. The summed E-state index contributed by atoms with van der Waals surface area (Å²) in [5.41, 5.74) is 18.7. The molecular weight excluding hydrogens is 935 g/mol. The molecule has 4 heterocycles. The van der Waals surface area contributed by atoms with Crippen molar-refractivity contribution in [3.05, 3.63) is 179 Å². The van der Waals surface area contributed by atoms with Gasteiger partial charge in [0.2, 0.25) is 0 Å². The molecule has 4 aromatic heterocycles. The van der Waals surface area contributed by atoms with Crippen molar-refractivity contribution in [2.75, 3.05) is 0 Å². The predicted octanol–water partition coefficient (Wildman–Crippen LogP) is 19.7. The molecular formula is C72H77N5. The van der Waals surface area contributed by atoms with Gasteiger partial charge in [-0.1, -0.05) is 161 Å². The number of hydrogen-bond donors (Lipinski definition) is 0. The SMILES string of the molecule is CC(C)(C)c1ccc2c(c1)c1cc(C(C)(C)C)ccc1n2-c1cc(-n2c3ccc(C(C)(C)C)cc3c3cc(C(C)(C)C)ccc32)c(-n2c3ccc(C(C)(C)C)cc3c3cc(C(C)(C)C)ccc32)c(-c2ccncc2)c1C#N. The van der Waals surface area contributed by atoms with Crippen molar-refractivity contribution in [1.82, 2.24) is 18.7 Å². The third-order valence-electron chi connectivity index (χ3n) is 16.5. The molecule has 5 heteroatoms. The molecule has 0 aliphatic carbocycles. The lowest BCUT2D eigenvalue weighted by molar-refractivity contribution is 0.590. The standard InChI is InChI=1S/C72H77N5/c1-67(2,3)44-19-25-57-50(35-44)51-36-45(68(4,5)6)20-26-58(51)75(57)63-41-64(76-59-27-21-46(69(7,8)9)37-52(59)53-38-47(70(10,11)12)22-28-60(53)76)66(65(56(63)42-73)43-31-33-74-34-32-43)77-61-29-23-48(71(13,14)15)39-54(61)55-40-49(72(16,17)18)24-30-62(55)77/h19-41H,1-18H3. The molecule has 0 saturated heterocycles. The lowest BCUT2D eigenvalue weighted by Gasteiger charge is -2.25. The van der Waals surface area contributed by atoms with Crippen LogP contribution in [0.1, 0.15) is 164 Å². The largest absolute Gasteiger partial charge is 0.308 e. The molecule has 0 atom stereocenters. The van der Waals surface area contributed by atoms with Crippen LogP contribution in [0, 0.1) is 11.3 Å². The van der Waals surface area contributed by atoms with Crippen LogP contribution in [0.4, 0.5) is 0 Å². The predicted molar refractivity (Wildman–Crippen MR) is 330 cm³/mol. The molecule has 77 heavy (non-hydrogen) atoms. The van der Waals surface area contributed by atoms with E-state index in [1.54, 1.807) is 0 Å². The number of nitriles is 1. The summed E-state index contributed by atoms with van der Waals surface area (Å²) < 4.78 is 7.39. The van der Waals surface area contributed by atoms with Crippen LogP contribution in [0.5, 0.6) is 0 Å². The lowest BCUT2D eigenvalue weighted by atomic mass is 9.85. The highest BCUT2D eigenvalue weighted by Crippen LogP contribution is 2.49. The van der Waals surface area contributed by atoms with Gasteiger partial charge >= 0.3 is 0 Å². The molecule has 11 rings (SSSR count). The first-order chi connectivity index (χ1) is 35.9. The van der Waals surface area contributed by atoms with Gasteiger partial charge in [-0.3, -0.25) is 4.98 Å². The minimum absolute atomic E-state index is 0.0781. The van der Waals surface area contributed by atoms with Crippen molar-refractivity contribution >= 4 is 65.4 Å². The Kier molecular flexibility index (Phi) is 11.6. The van der Waals surface area contributed by atoms with Gasteiger partial charge in [0.05, 0.1) is 55.7 Å². The average Bonchev–Trinajstić information content (AvgIpc) is 4.05. The Bertz CT molecular complexity index is 4040. The number of fused-ring (bicyclic) bond motifs is 9. The number of hydrogen-bond acceptors (Lipinski definition) is 2. The van der Waals surface area contributed by atoms with E-state index in [4.69, 9.17) is 0 Å². The summed E-state index contributed by atoms with van der Waals surface area (Å²) in [6.45, 7) is 41.3. The van der Waals surface area contributed by atoms with Crippen LogP contribution in [0.2, 0.25) is 0 Å². The van der Waals surface area contributed by atoms with Gasteiger partial charge in [0.15, 0.2) is 0 Å². The van der Waals surface area contributed by atoms with E-state index < -0.39 is 0 Å². The zero-order chi connectivity index (χ0) is 55.3. The van der Waals surface area contributed by atoms with Crippen molar-refractivity contribution in [3.8, 4) is 34.3 Å². The van der Waals surface area contributed by atoms with E-state index in [2.05, 4.69) is 277 Å². The molecule has 11 aromatic rings. The summed E-state index contributed by atoms with van der Waals surface area (Å²) in [7, 11) is 0. The van der Waals surface area contributed by atoms with Crippen LogP contribution >= 0.6 is 0 Å². The van der Waals surface area contributed by atoms with E-state index in [0.717, 1.165) is 61.3 Å². The topological polar surface area (TPSA) is 51.5 Å². The molecule has 0 unspecified atom stereocenters. The quantitative estimate of drug-likeness (QED) is 0.176. The van der Waals surface area contributed by atoms with Gasteiger partial charge < -0.3 is 13.7 Å². The second-order valence-corrected chi connectivity index (χ2v) is 28.3. The molecule has 5 nitrogen and oxygen atoms in total. The van der Waals surface area contributed by atoms with E-state index >= 15 is 0 Å². The molecule has 0 radical (unpaired) electrons. The second kappa shape index (κ2) is 17.3. The fraction of sp³-hybridized carbons (Fsp3) is 0.333. The Morgan fingerprint density at radius 2 is 0.584 bits per heavy atom. The Balaban J connectivity index is 1.42. The van der Waals surface area contributed by atoms with Crippen LogP contribution in [0.15, 0.2) is 140 Å². The molecule has 0 N–H and O–H groups in total. The van der Waals surface area contributed by atoms with Gasteiger partial charge in [-0.15, -0.1) is 0 Å². The summed E-state index contributed by atoms with van der Waals surface area (Å²) in [6, 6.07) is 51.8. The Hall–Kier alpha value is -7.42. The molecule has 0 fully saturated rings. The molecule has 0 aliphatic rings. The maximum absolute atomic E-state index is 12.3. The normalized spacial score (nSPS) is 13.3. The van der Waals surface area contributed by atoms with Gasteiger partial charge in [0.25, 0.3) is 0 Å². The number of aromatic nitrogens is 4. The Labute approximate surface area is 457 Å². The first kappa shape index (κ1) is 51.7. The number of rotatable bonds is 4. The summed E-state index contributed by atoms with van der Waals surface area (Å²) in [4.78, 5) is 4.60. The zero-order valence-corrected chi connectivity index (χ0v) is 49.0. The van der Waals surface area contributed by atoms with Crippen molar-refractivity contribution in [2.45, 2.75) is 157 Å². The van der Waals surface area contributed by atoms with Crippen LogP contribution in [0.25, 0.3) is 93.6 Å². The maximum Gasteiger partial charge on any atom is 0.102 e. The van der Waals surface area contributed by atoms with Crippen LogP contribution in [0.3, 0.4) is 0 Å². The van der Waals surface area contributed by atoms with Crippen molar-refractivity contribution in [3.63, 3.8) is 0 Å². The highest BCUT2D eigenvalue weighted by atomic mass is 15.1. The molecule has 390 valence electrons. The van der Waals surface area contributed by atoms with Gasteiger partial charge in [-0.05, 0) is 162 Å². The van der Waals surface area contributed by atoms with Crippen molar-refractivity contribution < 1.29 is 0 Å². The van der Waals surface area contributed by atoms with E-state index in [1.807, 2.05) is 12.4 Å². The van der Waals surface area contributed by atoms with Crippen molar-refractivity contribution in [2.24, 2.45) is 0 Å². The summed E-state index contributed by atoms with van der Waals surface area (Å²) >= 11 is 0. The molecule has 7 aromatic carbocycles. The Morgan fingerprint density at radius 1 is 0.325 bits per heavy atom. The third-order valence-corrected chi connectivity index (χ3v) is 16.5. The van der Waals surface area contributed by atoms with E-state index in [1.165, 1.54) is 65.7 Å². The van der Waals surface area contributed by atoms with Gasteiger partial charge in [0, 0.05) is 50.3 Å². The second-order valence-electron chi connectivity index (χ2n) is 28.3. The summed E-state index contributed by atoms with van der Waals surface area (Å²) in [5, 5.41) is 19.4. The molecule has 0 bridgehead atoms. The Morgan fingerprint density at radius 3 is 0.844 bits per heavy atom. The van der Waals surface area contributed by atoms with Crippen molar-refractivity contribution in [1.29, 1.82) is 5.26 Å². The first-order valence-corrected chi connectivity index (χ1v) is 27.8. The molecule has 0 saturated carbocycles. The van der Waals surface area contributed by atoms with Crippen LogP contribution in [-0.4, -0.2) is 18.7 Å². The fourth-order valence-electron chi connectivity index (χ4n) is 11.8. The van der Waals surface area contributed by atoms with Crippen LogP contribution < -0.4 is 0 Å². The molecule has 0 spiro atoms. The number of benzene rings is 7. The fourth-order valence-corrected chi connectivity index (χ4v) is 11.8. The first-order valence-electron chi connectivity index (χ1n) is 27.8. The highest BCUT2D eigenvalue weighted by molar-refractivity contribution is 6.15. The van der Waals surface area contributed by atoms with Gasteiger partial charge in [0.1, 0.15) is 6.07 Å². The smallest absolute Gasteiger partial charge is 0.102 e. The van der Waals surface area contributed by atoms with Crippen LogP contribution in [-0.2, 0) is 32.5 Å². The number of nitrogens with zero attached hydrogens (tertiary/aromatic N) is 5. The maximum atomic E-state index is 12.3. The summed E-state index contributed by atoms with van der Waals surface area (Å²) in [6.07, 6.45) is 3.74. The summed E-state index contributed by atoms with van der Waals surface area (Å²) in [5.74, 6) is 0. The monoisotopic (exact) mass is 1010 g/mol. The zero-order valence-electron chi connectivity index (χ0n) is 49.0. The minimum Gasteiger partial charge on any atom is -0.308 e. The van der Waals surface area contributed by atoms with Gasteiger partial charge in [-0.25, -0.2) is 0 Å². The average molecular weight is 1010 g/mol. The van der Waals surface area contributed by atoms with E-state index in [-0.39, 0.29) is 32.5 Å².